The molecule has 0 bridgehead atoms. The summed E-state index contributed by atoms with van der Waals surface area (Å²) in [5.74, 6) is -1.77. The highest BCUT2D eigenvalue weighted by Crippen LogP contribution is 2.35. The number of nitrogens with zero attached hydrogens (tertiary/aromatic N) is 1. The molecule has 0 saturated heterocycles. The van der Waals surface area contributed by atoms with Crippen LogP contribution in [-0.2, 0) is 11.8 Å². The number of amides is 1. The fourth-order valence-corrected chi connectivity index (χ4v) is 4.17. The van der Waals surface area contributed by atoms with Gasteiger partial charge in [0, 0.05) is 18.0 Å². The topological polar surface area (TPSA) is 71.3 Å². The number of carboxylic acids is 1. The van der Waals surface area contributed by atoms with Crippen LogP contribution in [0.4, 0.5) is 0 Å². The Kier molecular flexibility index (Phi) is 4.30. The number of aryl methyl sites for hydroxylation is 1. The monoisotopic (exact) mass is 348 g/mol. The summed E-state index contributed by atoms with van der Waals surface area (Å²) in [5, 5.41) is 13.7. The summed E-state index contributed by atoms with van der Waals surface area (Å²) < 4.78 is 1.76. The van der Waals surface area contributed by atoms with Gasteiger partial charge in [0.2, 0.25) is 0 Å². The molecule has 1 fully saturated rings. The summed E-state index contributed by atoms with van der Waals surface area (Å²) in [4.78, 5) is 24.5. The minimum Gasteiger partial charge on any atom is -0.481 e. The zero-order valence-electron chi connectivity index (χ0n) is 13.8. The minimum absolute atomic E-state index is 0.325. The van der Waals surface area contributed by atoms with Crippen LogP contribution in [0.1, 0.15) is 43.1 Å². The molecule has 24 heavy (non-hydrogen) atoms. The molecule has 2 aromatic rings. The van der Waals surface area contributed by atoms with Gasteiger partial charge in [0.15, 0.2) is 0 Å². The van der Waals surface area contributed by atoms with Crippen LogP contribution in [0.25, 0.3) is 10.9 Å². The highest BCUT2D eigenvalue weighted by atomic mass is 35.5. The van der Waals surface area contributed by atoms with E-state index in [0.717, 1.165) is 23.7 Å². The van der Waals surface area contributed by atoms with Crippen molar-refractivity contribution in [2.24, 2.45) is 13.0 Å². The van der Waals surface area contributed by atoms with E-state index >= 15 is 0 Å². The molecular weight excluding hydrogens is 328 g/mol. The molecular formula is C18H21ClN2O3. The zero-order chi connectivity index (χ0) is 17.5. The number of hydrogen-bond acceptors (Lipinski definition) is 2. The van der Waals surface area contributed by atoms with E-state index < -0.39 is 17.4 Å². The number of carbonyl (C=O) groups excluding carboxylic acids is 1. The summed E-state index contributed by atoms with van der Waals surface area (Å²) >= 11 is 6.42. The van der Waals surface area contributed by atoms with E-state index in [2.05, 4.69) is 5.32 Å². The van der Waals surface area contributed by atoms with Gasteiger partial charge in [0.05, 0.1) is 16.5 Å². The average Bonchev–Trinajstić information content (AvgIpc) is 2.79. The molecule has 1 aliphatic rings. The molecule has 1 aromatic carbocycles. The lowest BCUT2D eigenvalue weighted by atomic mass is 9.74. The van der Waals surface area contributed by atoms with Gasteiger partial charge in [-0.3, -0.25) is 9.59 Å². The van der Waals surface area contributed by atoms with E-state index in [1.165, 1.54) is 0 Å². The molecule has 128 valence electrons. The van der Waals surface area contributed by atoms with Crippen LogP contribution in [0, 0.1) is 5.92 Å². The maximum atomic E-state index is 12.9. The van der Waals surface area contributed by atoms with E-state index in [0.29, 0.717) is 23.6 Å². The molecule has 1 amide bonds. The molecule has 1 saturated carbocycles. The third-order valence-electron chi connectivity index (χ3n) is 5.17. The van der Waals surface area contributed by atoms with Crippen LogP contribution in [0.15, 0.2) is 24.3 Å². The molecule has 0 aliphatic heterocycles. The number of carbonyl (C=O) groups is 2. The molecule has 1 heterocycles. The van der Waals surface area contributed by atoms with Gasteiger partial charge in [-0.1, -0.05) is 42.6 Å². The highest BCUT2D eigenvalue weighted by molar-refractivity contribution is 6.38. The van der Waals surface area contributed by atoms with Crippen molar-refractivity contribution >= 4 is 34.4 Å². The van der Waals surface area contributed by atoms with Crippen LogP contribution in [-0.4, -0.2) is 27.1 Å². The van der Waals surface area contributed by atoms with E-state index in [1.807, 2.05) is 31.2 Å². The number of benzene rings is 1. The number of hydrogen-bond donors (Lipinski definition) is 2. The first-order chi connectivity index (χ1) is 11.3. The highest BCUT2D eigenvalue weighted by Gasteiger charge is 2.42. The lowest BCUT2D eigenvalue weighted by Crippen LogP contribution is -2.55. The molecule has 0 spiro atoms. The number of halogens is 1. The Balaban J connectivity index is 1.96. The maximum Gasteiger partial charge on any atom is 0.308 e. The Morgan fingerprint density at radius 1 is 1.33 bits per heavy atom. The molecule has 2 atom stereocenters. The van der Waals surface area contributed by atoms with E-state index in [-0.39, 0.29) is 5.91 Å². The van der Waals surface area contributed by atoms with Gasteiger partial charge in [-0.15, -0.1) is 0 Å². The van der Waals surface area contributed by atoms with E-state index in [1.54, 1.807) is 11.6 Å². The molecule has 2 N–H and O–H groups in total. The maximum absolute atomic E-state index is 12.9. The SMILES string of the molecule is Cn1c(C(=O)NC2(C)CCCCC2C(=O)O)c(Cl)c2ccccc21. The predicted octanol–water partition coefficient (Wildman–Crippen LogP) is 3.60. The van der Waals surface area contributed by atoms with Crippen molar-refractivity contribution in [1.29, 1.82) is 0 Å². The number of nitrogens with one attached hydrogen (secondary N) is 1. The summed E-state index contributed by atoms with van der Waals surface area (Å²) in [6.45, 7) is 1.82. The number of rotatable bonds is 3. The predicted molar refractivity (Wildman–Crippen MR) is 93.4 cm³/mol. The van der Waals surface area contributed by atoms with Gasteiger partial charge in [0.25, 0.3) is 5.91 Å². The van der Waals surface area contributed by atoms with Crippen molar-refractivity contribution in [3.63, 3.8) is 0 Å². The first-order valence-electron chi connectivity index (χ1n) is 8.13. The van der Waals surface area contributed by atoms with Gasteiger partial charge in [-0.05, 0) is 25.8 Å². The third-order valence-corrected chi connectivity index (χ3v) is 5.55. The van der Waals surface area contributed by atoms with Crippen molar-refractivity contribution in [2.75, 3.05) is 0 Å². The van der Waals surface area contributed by atoms with Crippen molar-refractivity contribution in [3.8, 4) is 0 Å². The van der Waals surface area contributed by atoms with Crippen LogP contribution in [0.3, 0.4) is 0 Å². The van der Waals surface area contributed by atoms with Gasteiger partial charge in [0.1, 0.15) is 5.69 Å². The normalized spacial score (nSPS) is 24.0. The molecule has 3 rings (SSSR count). The molecule has 2 unspecified atom stereocenters. The molecule has 1 aromatic heterocycles. The number of fused-ring (bicyclic) bond motifs is 1. The standard InChI is InChI=1S/C18H21ClN2O3/c1-18(10-6-5-8-12(18)17(23)24)20-16(22)15-14(19)11-7-3-4-9-13(11)21(15)2/h3-4,7,9,12H,5-6,8,10H2,1-2H3,(H,20,22)(H,23,24). The van der Waals surface area contributed by atoms with Crippen LogP contribution < -0.4 is 5.32 Å². The Morgan fingerprint density at radius 3 is 2.71 bits per heavy atom. The summed E-state index contributed by atoms with van der Waals surface area (Å²) in [5.41, 5.74) is 0.478. The minimum atomic E-state index is -0.861. The fraction of sp³-hybridized carbons (Fsp3) is 0.444. The number of para-hydroxylation sites is 1. The third kappa shape index (κ3) is 2.67. The number of aromatic nitrogens is 1. The van der Waals surface area contributed by atoms with Gasteiger partial charge in [-0.2, -0.15) is 0 Å². The van der Waals surface area contributed by atoms with Crippen LogP contribution >= 0.6 is 11.6 Å². The molecule has 6 heteroatoms. The second-order valence-corrected chi connectivity index (χ2v) is 7.12. The zero-order valence-corrected chi connectivity index (χ0v) is 14.6. The van der Waals surface area contributed by atoms with Gasteiger partial charge in [-0.25, -0.2) is 0 Å². The van der Waals surface area contributed by atoms with Crippen LogP contribution in [0.5, 0.6) is 0 Å². The Bertz CT molecular complexity index is 775. The average molecular weight is 349 g/mol. The first kappa shape index (κ1) is 16.8. The second-order valence-electron chi connectivity index (χ2n) is 6.75. The first-order valence-corrected chi connectivity index (χ1v) is 8.51. The van der Waals surface area contributed by atoms with Gasteiger partial charge < -0.3 is 15.0 Å². The molecule has 5 nitrogen and oxygen atoms in total. The Morgan fingerprint density at radius 2 is 2.04 bits per heavy atom. The van der Waals surface area contributed by atoms with Crippen molar-refractivity contribution in [3.05, 3.63) is 35.0 Å². The summed E-state index contributed by atoms with van der Waals surface area (Å²) in [6, 6.07) is 7.54. The largest absolute Gasteiger partial charge is 0.481 e. The van der Waals surface area contributed by atoms with Gasteiger partial charge >= 0.3 is 5.97 Å². The molecule has 1 aliphatic carbocycles. The van der Waals surface area contributed by atoms with E-state index in [9.17, 15) is 14.7 Å². The van der Waals surface area contributed by atoms with Crippen molar-refractivity contribution < 1.29 is 14.7 Å². The number of aliphatic carboxylic acids is 1. The smallest absolute Gasteiger partial charge is 0.308 e. The fourth-order valence-electron chi connectivity index (χ4n) is 3.80. The van der Waals surface area contributed by atoms with Crippen LogP contribution in [0.2, 0.25) is 5.02 Å². The van der Waals surface area contributed by atoms with Crippen molar-refractivity contribution in [1.82, 2.24) is 9.88 Å². The quantitative estimate of drug-likeness (QED) is 0.890. The lowest BCUT2D eigenvalue weighted by molar-refractivity contribution is -0.145. The number of carboxylic acid groups (broad SMARTS) is 1. The summed E-state index contributed by atoms with van der Waals surface area (Å²) in [7, 11) is 1.79. The molecule has 0 radical (unpaired) electrons. The Labute approximate surface area is 145 Å². The van der Waals surface area contributed by atoms with E-state index in [4.69, 9.17) is 11.6 Å². The second kappa shape index (κ2) is 6.13. The summed E-state index contributed by atoms with van der Waals surface area (Å²) in [6.07, 6.45) is 3.01. The lowest BCUT2D eigenvalue weighted by Gasteiger charge is -2.39. The van der Waals surface area contributed by atoms with Crippen molar-refractivity contribution in [2.45, 2.75) is 38.1 Å². The Hall–Kier alpha value is -2.01.